The number of nitrogens with zero attached hydrogens (tertiary/aromatic N) is 2. The first kappa shape index (κ1) is 15.7. The Morgan fingerprint density at radius 1 is 1.47 bits per heavy atom. The van der Waals surface area contributed by atoms with Crippen LogP contribution in [0.15, 0.2) is 6.07 Å². The van der Waals surface area contributed by atoms with Crippen molar-refractivity contribution in [3.8, 4) is 0 Å². The Balaban J connectivity index is 2.72. The molecule has 1 rings (SSSR count). The van der Waals surface area contributed by atoms with E-state index in [1.807, 2.05) is 20.9 Å². The van der Waals surface area contributed by atoms with Gasteiger partial charge in [-0.15, -0.1) is 0 Å². The van der Waals surface area contributed by atoms with Crippen molar-refractivity contribution in [2.75, 3.05) is 6.54 Å². The normalized spacial score (nSPS) is 14.8. The van der Waals surface area contributed by atoms with E-state index in [-0.39, 0.29) is 18.4 Å². The van der Waals surface area contributed by atoms with Crippen LogP contribution in [-0.4, -0.2) is 32.9 Å². The van der Waals surface area contributed by atoms with Gasteiger partial charge in [0.05, 0.1) is 5.60 Å². The first-order chi connectivity index (χ1) is 8.65. The smallest absolute Gasteiger partial charge is 0.271 e. The van der Waals surface area contributed by atoms with Crippen LogP contribution in [0, 0.1) is 5.92 Å². The van der Waals surface area contributed by atoms with Gasteiger partial charge in [-0.25, -0.2) is 0 Å². The van der Waals surface area contributed by atoms with E-state index < -0.39 is 5.60 Å². The first-order valence-corrected chi connectivity index (χ1v) is 6.69. The minimum Gasteiger partial charge on any atom is -0.388 e. The molecule has 0 fully saturated rings. The predicted molar refractivity (Wildman–Crippen MR) is 75.1 cm³/mol. The maximum absolute atomic E-state index is 12.0. The molecule has 5 heteroatoms. The summed E-state index contributed by atoms with van der Waals surface area (Å²) >= 11 is 0. The fourth-order valence-corrected chi connectivity index (χ4v) is 1.69. The SMILES string of the molecule is CC(C)c1cc(C(=O)NCC(C)(O)C(C)C)nn1C. The van der Waals surface area contributed by atoms with E-state index in [0.717, 1.165) is 5.69 Å². The topological polar surface area (TPSA) is 67.2 Å². The molecule has 1 heterocycles. The summed E-state index contributed by atoms with van der Waals surface area (Å²) in [6.45, 7) is 9.89. The third-order valence-corrected chi connectivity index (χ3v) is 3.59. The summed E-state index contributed by atoms with van der Waals surface area (Å²) in [7, 11) is 1.83. The van der Waals surface area contributed by atoms with Gasteiger partial charge < -0.3 is 10.4 Å². The lowest BCUT2D eigenvalue weighted by molar-refractivity contribution is 0.0142. The molecule has 5 nitrogen and oxygen atoms in total. The van der Waals surface area contributed by atoms with Gasteiger partial charge in [0.25, 0.3) is 5.91 Å². The van der Waals surface area contributed by atoms with E-state index >= 15 is 0 Å². The fraction of sp³-hybridized carbons (Fsp3) is 0.714. The number of aliphatic hydroxyl groups is 1. The summed E-state index contributed by atoms with van der Waals surface area (Å²) < 4.78 is 1.72. The van der Waals surface area contributed by atoms with Crippen molar-refractivity contribution in [2.24, 2.45) is 13.0 Å². The highest BCUT2D eigenvalue weighted by molar-refractivity contribution is 5.92. The number of carbonyl (C=O) groups excluding carboxylic acids is 1. The van der Waals surface area contributed by atoms with Crippen molar-refractivity contribution in [2.45, 2.75) is 46.1 Å². The molecule has 1 aromatic rings. The Morgan fingerprint density at radius 2 is 2.05 bits per heavy atom. The van der Waals surface area contributed by atoms with Gasteiger partial charge in [-0.05, 0) is 24.8 Å². The molecule has 2 N–H and O–H groups in total. The van der Waals surface area contributed by atoms with Crippen LogP contribution in [0.4, 0.5) is 0 Å². The quantitative estimate of drug-likeness (QED) is 0.853. The molecule has 0 radical (unpaired) electrons. The summed E-state index contributed by atoms with van der Waals surface area (Å²) in [6, 6.07) is 1.80. The molecule has 1 atom stereocenters. The highest BCUT2D eigenvalue weighted by Crippen LogP contribution is 2.16. The zero-order valence-electron chi connectivity index (χ0n) is 12.7. The van der Waals surface area contributed by atoms with Crippen molar-refractivity contribution < 1.29 is 9.90 Å². The van der Waals surface area contributed by atoms with Crippen LogP contribution in [-0.2, 0) is 7.05 Å². The van der Waals surface area contributed by atoms with Crippen LogP contribution in [0.5, 0.6) is 0 Å². The van der Waals surface area contributed by atoms with Gasteiger partial charge in [-0.2, -0.15) is 5.10 Å². The first-order valence-electron chi connectivity index (χ1n) is 6.69. The van der Waals surface area contributed by atoms with Crippen molar-refractivity contribution in [3.63, 3.8) is 0 Å². The van der Waals surface area contributed by atoms with E-state index in [4.69, 9.17) is 0 Å². The number of rotatable bonds is 5. The lowest BCUT2D eigenvalue weighted by Gasteiger charge is -2.27. The van der Waals surface area contributed by atoms with E-state index in [9.17, 15) is 9.90 Å². The zero-order valence-corrected chi connectivity index (χ0v) is 12.7. The van der Waals surface area contributed by atoms with Crippen molar-refractivity contribution >= 4 is 5.91 Å². The van der Waals surface area contributed by atoms with E-state index in [1.54, 1.807) is 17.7 Å². The Kier molecular flexibility index (Phi) is 4.74. The third kappa shape index (κ3) is 3.80. The van der Waals surface area contributed by atoms with Crippen molar-refractivity contribution in [1.82, 2.24) is 15.1 Å². The number of aromatic nitrogens is 2. The lowest BCUT2D eigenvalue weighted by atomic mass is 9.92. The summed E-state index contributed by atoms with van der Waals surface area (Å²) in [5, 5.41) is 17.0. The number of aryl methyl sites for hydroxylation is 1. The van der Waals surface area contributed by atoms with Crippen LogP contribution < -0.4 is 5.32 Å². The Labute approximate surface area is 115 Å². The van der Waals surface area contributed by atoms with E-state index in [0.29, 0.717) is 11.6 Å². The number of hydrogen-bond acceptors (Lipinski definition) is 3. The molecular formula is C14H25N3O2. The van der Waals surface area contributed by atoms with Gasteiger partial charge in [-0.3, -0.25) is 9.48 Å². The Bertz CT molecular complexity index is 448. The molecule has 0 spiro atoms. The second kappa shape index (κ2) is 5.74. The van der Waals surface area contributed by atoms with Crippen LogP contribution in [0.2, 0.25) is 0 Å². The maximum Gasteiger partial charge on any atom is 0.271 e. The van der Waals surface area contributed by atoms with Crippen molar-refractivity contribution in [1.29, 1.82) is 0 Å². The molecule has 19 heavy (non-hydrogen) atoms. The molecule has 1 unspecified atom stereocenters. The molecule has 1 amide bonds. The van der Waals surface area contributed by atoms with Crippen LogP contribution >= 0.6 is 0 Å². The Morgan fingerprint density at radius 3 is 2.47 bits per heavy atom. The van der Waals surface area contributed by atoms with Gasteiger partial charge in [0.2, 0.25) is 0 Å². The van der Waals surface area contributed by atoms with Gasteiger partial charge in [-0.1, -0.05) is 27.7 Å². The van der Waals surface area contributed by atoms with Gasteiger partial charge in [0.15, 0.2) is 0 Å². The highest BCUT2D eigenvalue weighted by Gasteiger charge is 2.26. The molecule has 0 saturated heterocycles. The zero-order chi connectivity index (χ0) is 14.8. The largest absolute Gasteiger partial charge is 0.388 e. The monoisotopic (exact) mass is 267 g/mol. The van der Waals surface area contributed by atoms with E-state index in [2.05, 4.69) is 24.3 Å². The minimum absolute atomic E-state index is 0.0720. The van der Waals surface area contributed by atoms with Crippen LogP contribution in [0.25, 0.3) is 0 Å². The molecule has 0 bridgehead atoms. The molecule has 0 aliphatic rings. The van der Waals surface area contributed by atoms with E-state index in [1.165, 1.54) is 0 Å². The highest BCUT2D eigenvalue weighted by atomic mass is 16.3. The predicted octanol–water partition coefficient (Wildman–Crippen LogP) is 1.68. The van der Waals surface area contributed by atoms with Gasteiger partial charge in [0, 0.05) is 19.3 Å². The molecule has 0 aliphatic carbocycles. The molecule has 0 aliphatic heterocycles. The lowest BCUT2D eigenvalue weighted by Crippen LogP contribution is -2.44. The molecular weight excluding hydrogens is 242 g/mol. The van der Waals surface area contributed by atoms with Crippen LogP contribution in [0.1, 0.15) is 56.7 Å². The summed E-state index contributed by atoms with van der Waals surface area (Å²) in [6.07, 6.45) is 0. The summed E-state index contributed by atoms with van der Waals surface area (Å²) in [5.41, 5.74) is 0.497. The van der Waals surface area contributed by atoms with Crippen molar-refractivity contribution in [3.05, 3.63) is 17.5 Å². The summed E-state index contributed by atoms with van der Waals surface area (Å²) in [5.74, 6) is 0.143. The second-order valence-corrected chi connectivity index (χ2v) is 5.93. The number of amides is 1. The van der Waals surface area contributed by atoms with Gasteiger partial charge in [0.1, 0.15) is 5.69 Å². The molecule has 108 valence electrons. The Hall–Kier alpha value is -1.36. The summed E-state index contributed by atoms with van der Waals surface area (Å²) in [4.78, 5) is 12.0. The molecule has 0 saturated carbocycles. The number of carbonyl (C=O) groups is 1. The maximum atomic E-state index is 12.0. The van der Waals surface area contributed by atoms with Crippen LogP contribution in [0.3, 0.4) is 0 Å². The average molecular weight is 267 g/mol. The second-order valence-electron chi connectivity index (χ2n) is 5.93. The number of hydrogen-bond donors (Lipinski definition) is 2. The standard InChI is InChI=1S/C14H25N3O2/c1-9(2)12-7-11(16-17(12)6)13(18)15-8-14(5,19)10(3)4/h7,9-10,19H,8H2,1-6H3,(H,15,18). The number of nitrogens with one attached hydrogen (secondary N) is 1. The molecule has 1 aromatic heterocycles. The average Bonchev–Trinajstić information content (AvgIpc) is 2.68. The molecule has 0 aromatic carbocycles. The van der Waals surface area contributed by atoms with Gasteiger partial charge >= 0.3 is 0 Å². The minimum atomic E-state index is -0.911. The fourth-order valence-electron chi connectivity index (χ4n) is 1.69. The third-order valence-electron chi connectivity index (χ3n) is 3.59.